The Balaban J connectivity index is 1.79. The van der Waals surface area contributed by atoms with E-state index >= 15 is 0 Å². The first kappa shape index (κ1) is 14.5. The summed E-state index contributed by atoms with van der Waals surface area (Å²) in [4.78, 5) is 11.6. The molecule has 1 fully saturated rings. The van der Waals surface area contributed by atoms with Crippen molar-refractivity contribution in [2.75, 3.05) is 6.61 Å². The number of hydrazone groups is 1. The summed E-state index contributed by atoms with van der Waals surface area (Å²) in [5, 5.41) is 4.16. The SMILES string of the molecule is C[C@H]1CCCC/C1=N/NC(=O)COc1cccc(F)c1. The molecule has 1 aromatic carbocycles. The van der Waals surface area contributed by atoms with Crippen LogP contribution in [0.15, 0.2) is 29.4 Å². The van der Waals surface area contributed by atoms with E-state index in [-0.39, 0.29) is 18.3 Å². The standard InChI is InChI=1S/C15H19FN2O2/c1-11-5-2-3-8-14(11)17-18-15(19)10-20-13-7-4-6-12(16)9-13/h4,6-7,9,11H,2-3,5,8,10H2,1H3,(H,18,19)/b17-14-/t11-/m0/s1. The molecule has 0 bridgehead atoms. The Labute approximate surface area is 118 Å². The van der Waals surface area contributed by atoms with Crippen LogP contribution in [0.3, 0.4) is 0 Å². The first-order valence-electron chi connectivity index (χ1n) is 6.89. The largest absolute Gasteiger partial charge is 0.484 e. The highest BCUT2D eigenvalue weighted by Gasteiger charge is 2.16. The second-order valence-corrected chi connectivity index (χ2v) is 5.03. The summed E-state index contributed by atoms with van der Waals surface area (Å²) >= 11 is 0. The molecule has 0 radical (unpaired) electrons. The lowest BCUT2D eigenvalue weighted by molar-refractivity contribution is -0.123. The quantitative estimate of drug-likeness (QED) is 0.861. The molecule has 2 rings (SSSR count). The minimum atomic E-state index is -0.390. The number of halogens is 1. The van der Waals surface area contributed by atoms with Crippen LogP contribution in [-0.2, 0) is 4.79 Å². The Morgan fingerprint density at radius 3 is 3.10 bits per heavy atom. The summed E-state index contributed by atoms with van der Waals surface area (Å²) in [6.07, 6.45) is 4.40. The summed E-state index contributed by atoms with van der Waals surface area (Å²) in [5.74, 6) is 0.0331. The average Bonchev–Trinajstić information content (AvgIpc) is 2.44. The molecule has 0 unspecified atom stereocenters. The van der Waals surface area contributed by atoms with Crippen LogP contribution in [-0.4, -0.2) is 18.2 Å². The number of nitrogens with one attached hydrogen (secondary N) is 1. The van der Waals surface area contributed by atoms with E-state index in [9.17, 15) is 9.18 Å². The van der Waals surface area contributed by atoms with Crippen LogP contribution in [0.25, 0.3) is 0 Å². The number of amides is 1. The number of carbonyl (C=O) groups is 1. The van der Waals surface area contributed by atoms with Crippen molar-refractivity contribution in [2.24, 2.45) is 11.0 Å². The van der Waals surface area contributed by atoms with Gasteiger partial charge in [-0.15, -0.1) is 0 Å². The Morgan fingerprint density at radius 2 is 2.35 bits per heavy atom. The lowest BCUT2D eigenvalue weighted by atomic mass is 9.89. The Morgan fingerprint density at radius 1 is 1.50 bits per heavy atom. The Bertz CT molecular complexity index is 502. The first-order chi connectivity index (χ1) is 9.65. The van der Waals surface area contributed by atoms with Crippen molar-refractivity contribution in [3.8, 4) is 5.75 Å². The molecule has 1 atom stereocenters. The smallest absolute Gasteiger partial charge is 0.277 e. The normalized spacial score (nSPS) is 20.7. The van der Waals surface area contributed by atoms with Gasteiger partial charge in [0, 0.05) is 11.8 Å². The molecule has 20 heavy (non-hydrogen) atoms. The molecule has 0 aliphatic heterocycles. The Hall–Kier alpha value is -1.91. The number of hydrogen-bond acceptors (Lipinski definition) is 3. The van der Waals surface area contributed by atoms with Gasteiger partial charge in [-0.3, -0.25) is 4.79 Å². The number of rotatable bonds is 4. The van der Waals surface area contributed by atoms with Gasteiger partial charge in [-0.2, -0.15) is 5.10 Å². The van der Waals surface area contributed by atoms with E-state index in [1.807, 2.05) is 0 Å². The van der Waals surface area contributed by atoms with Crippen LogP contribution in [0.1, 0.15) is 32.6 Å². The predicted octanol–water partition coefficient (Wildman–Crippen LogP) is 2.89. The van der Waals surface area contributed by atoms with Gasteiger partial charge in [-0.25, -0.2) is 9.82 Å². The molecule has 0 aromatic heterocycles. The molecule has 108 valence electrons. The number of benzene rings is 1. The van der Waals surface area contributed by atoms with Crippen LogP contribution in [0.4, 0.5) is 4.39 Å². The fourth-order valence-corrected chi connectivity index (χ4v) is 2.21. The van der Waals surface area contributed by atoms with Gasteiger partial charge in [-0.05, 0) is 37.3 Å². The van der Waals surface area contributed by atoms with Crippen molar-refractivity contribution in [3.05, 3.63) is 30.1 Å². The number of ether oxygens (including phenoxy) is 1. The first-order valence-corrected chi connectivity index (χ1v) is 6.89. The van der Waals surface area contributed by atoms with E-state index in [0.717, 1.165) is 25.0 Å². The van der Waals surface area contributed by atoms with Crippen molar-refractivity contribution in [1.29, 1.82) is 0 Å². The number of carbonyl (C=O) groups excluding carboxylic acids is 1. The van der Waals surface area contributed by atoms with E-state index in [2.05, 4.69) is 17.5 Å². The molecule has 0 saturated heterocycles. The molecular formula is C15H19FN2O2. The van der Waals surface area contributed by atoms with Gasteiger partial charge < -0.3 is 4.74 Å². The monoisotopic (exact) mass is 278 g/mol. The van der Waals surface area contributed by atoms with Crippen molar-refractivity contribution >= 4 is 11.6 Å². The average molecular weight is 278 g/mol. The molecule has 1 aliphatic rings. The summed E-state index contributed by atoms with van der Waals surface area (Å²) < 4.78 is 18.1. The number of nitrogens with zero attached hydrogens (tertiary/aromatic N) is 1. The fourth-order valence-electron chi connectivity index (χ4n) is 2.21. The highest BCUT2D eigenvalue weighted by atomic mass is 19.1. The van der Waals surface area contributed by atoms with Gasteiger partial charge in [-0.1, -0.05) is 19.4 Å². The fraction of sp³-hybridized carbons (Fsp3) is 0.467. The molecule has 0 spiro atoms. The third kappa shape index (κ3) is 4.33. The lowest BCUT2D eigenvalue weighted by Gasteiger charge is -2.19. The molecule has 4 nitrogen and oxygen atoms in total. The van der Waals surface area contributed by atoms with E-state index < -0.39 is 0 Å². The lowest BCUT2D eigenvalue weighted by Crippen LogP contribution is -2.28. The van der Waals surface area contributed by atoms with Gasteiger partial charge in [0.15, 0.2) is 6.61 Å². The van der Waals surface area contributed by atoms with Crippen LogP contribution in [0, 0.1) is 11.7 Å². The van der Waals surface area contributed by atoms with Crippen molar-refractivity contribution in [1.82, 2.24) is 5.43 Å². The van der Waals surface area contributed by atoms with Crippen molar-refractivity contribution in [2.45, 2.75) is 32.6 Å². The van der Waals surface area contributed by atoms with Gasteiger partial charge in [0.25, 0.3) is 5.91 Å². The molecule has 5 heteroatoms. The molecular weight excluding hydrogens is 259 g/mol. The third-order valence-corrected chi connectivity index (χ3v) is 3.38. The van der Waals surface area contributed by atoms with Gasteiger partial charge in [0.1, 0.15) is 11.6 Å². The maximum absolute atomic E-state index is 12.9. The molecule has 1 N–H and O–H groups in total. The zero-order valence-electron chi connectivity index (χ0n) is 11.6. The zero-order chi connectivity index (χ0) is 14.4. The van der Waals surface area contributed by atoms with Crippen LogP contribution >= 0.6 is 0 Å². The summed E-state index contributed by atoms with van der Waals surface area (Å²) in [5.41, 5.74) is 3.54. The summed E-state index contributed by atoms with van der Waals surface area (Å²) in [7, 11) is 0. The minimum absolute atomic E-state index is 0.172. The zero-order valence-corrected chi connectivity index (χ0v) is 11.6. The molecule has 0 heterocycles. The third-order valence-electron chi connectivity index (χ3n) is 3.38. The minimum Gasteiger partial charge on any atom is -0.484 e. The maximum atomic E-state index is 12.9. The van der Waals surface area contributed by atoms with Gasteiger partial charge in [0.2, 0.25) is 0 Å². The number of hydrogen-bond donors (Lipinski definition) is 1. The highest BCUT2D eigenvalue weighted by molar-refractivity contribution is 5.88. The maximum Gasteiger partial charge on any atom is 0.277 e. The molecule has 1 saturated carbocycles. The van der Waals surface area contributed by atoms with E-state index in [1.165, 1.54) is 24.6 Å². The van der Waals surface area contributed by atoms with Crippen molar-refractivity contribution in [3.63, 3.8) is 0 Å². The highest BCUT2D eigenvalue weighted by Crippen LogP contribution is 2.20. The van der Waals surface area contributed by atoms with E-state index in [4.69, 9.17) is 4.74 Å². The predicted molar refractivity (Wildman–Crippen MR) is 75.1 cm³/mol. The summed E-state index contributed by atoms with van der Waals surface area (Å²) in [6, 6.07) is 5.70. The molecule has 1 aromatic rings. The Kier molecular flexibility index (Phi) is 5.09. The topological polar surface area (TPSA) is 50.7 Å². The van der Waals surface area contributed by atoms with E-state index in [1.54, 1.807) is 6.07 Å². The van der Waals surface area contributed by atoms with Crippen LogP contribution < -0.4 is 10.2 Å². The van der Waals surface area contributed by atoms with Gasteiger partial charge >= 0.3 is 0 Å². The van der Waals surface area contributed by atoms with Crippen LogP contribution in [0.2, 0.25) is 0 Å². The molecule has 1 aliphatic carbocycles. The second kappa shape index (κ2) is 7.03. The van der Waals surface area contributed by atoms with Gasteiger partial charge in [0.05, 0.1) is 0 Å². The second-order valence-electron chi connectivity index (χ2n) is 5.03. The summed E-state index contributed by atoms with van der Waals surface area (Å²) in [6.45, 7) is 1.95. The van der Waals surface area contributed by atoms with Crippen LogP contribution in [0.5, 0.6) is 5.75 Å². The molecule has 1 amide bonds. The van der Waals surface area contributed by atoms with Crippen molar-refractivity contribution < 1.29 is 13.9 Å². The van der Waals surface area contributed by atoms with E-state index in [0.29, 0.717) is 11.7 Å².